The number of carbonyl (C=O) groups is 3. The van der Waals surface area contributed by atoms with E-state index in [0.29, 0.717) is 17.3 Å². The molecule has 0 unspecified atom stereocenters. The van der Waals surface area contributed by atoms with E-state index in [1.54, 1.807) is 31.2 Å². The third-order valence-electron chi connectivity index (χ3n) is 6.61. The summed E-state index contributed by atoms with van der Waals surface area (Å²) in [6, 6.07) is 7.66. The van der Waals surface area contributed by atoms with Crippen LogP contribution in [0.3, 0.4) is 0 Å². The van der Waals surface area contributed by atoms with Crippen molar-refractivity contribution in [1.82, 2.24) is 10.2 Å². The fraction of sp³-hybridized carbons (Fsp3) is 0.571. The van der Waals surface area contributed by atoms with Crippen molar-refractivity contribution >= 4 is 23.3 Å². The molecule has 0 radical (unpaired) electrons. The summed E-state index contributed by atoms with van der Waals surface area (Å²) in [5.74, 6) is -1.68. The quantitative estimate of drug-likeness (QED) is 0.855. The van der Waals surface area contributed by atoms with E-state index in [-0.39, 0.29) is 23.6 Å². The maximum Gasteiger partial charge on any atom is 0.229 e. The number of likely N-dealkylation sites (tertiary alicyclic amines) is 1. The minimum absolute atomic E-state index is 0.115. The number of fused-ring (bicyclic) bond motifs is 2. The van der Waals surface area contributed by atoms with Gasteiger partial charge in [-0.25, -0.2) is 0 Å². The third kappa shape index (κ3) is 2.87. The van der Waals surface area contributed by atoms with Gasteiger partial charge in [0.1, 0.15) is 0 Å². The molecule has 6 nitrogen and oxygen atoms in total. The van der Waals surface area contributed by atoms with Crippen molar-refractivity contribution in [3.63, 3.8) is 0 Å². The van der Waals surface area contributed by atoms with Gasteiger partial charge in [0.05, 0.1) is 22.9 Å². The van der Waals surface area contributed by atoms with E-state index in [2.05, 4.69) is 29.4 Å². The Balaban J connectivity index is 1.48. The Kier molecular flexibility index (Phi) is 4.34. The number of rotatable bonds is 3. The normalized spacial score (nSPS) is 31.0. The number of amides is 2. The Morgan fingerprint density at radius 1 is 1.22 bits per heavy atom. The van der Waals surface area contributed by atoms with Gasteiger partial charge in [-0.3, -0.25) is 14.4 Å². The van der Waals surface area contributed by atoms with Crippen molar-refractivity contribution in [2.24, 2.45) is 17.3 Å². The van der Waals surface area contributed by atoms with Gasteiger partial charge in [-0.05, 0) is 38.8 Å². The molecule has 2 N–H and O–H groups in total. The van der Waals surface area contributed by atoms with Gasteiger partial charge in [0.2, 0.25) is 11.8 Å². The molecule has 0 aromatic heterocycles. The number of ketones is 1. The van der Waals surface area contributed by atoms with Gasteiger partial charge in [-0.2, -0.15) is 0 Å². The highest BCUT2D eigenvalue weighted by Crippen LogP contribution is 2.62. The molecule has 3 atom stereocenters. The molecule has 0 spiro atoms. The molecule has 6 heteroatoms. The van der Waals surface area contributed by atoms with Crippen molar-refractivity contribution in [2.45, 2.75) is 45.7 Å². The summed E-state index contributed by atoms with van der Waals surface area (Å²) < 4.78 is 0. The minimum atomic E-state index is -0.945. The van der Waals surface area contributed by atoms with Crippen LogP contribution < -0.4 is 10.6 Å². The monoisotopic (exact) mass is 369 g/mol. The number of nitrogens with zero attached hydrogens (tertiary/aromatic N) is 1. The predicted molar refractivity (Wildman–Crippen MR) is 102 cm³/mol. The van der Waals surface area contributed by atoms with Gasteiger partial charge in [0.15, 0.2) is 5.78 Å². The average molecular weight is 369 g/mol. The molecule has 1 aromatic carbocycles. The number of anilines is 1. The van der Waals surface area contributed by atoms with Crippen molar-refractivity contribution in [3.05, 3.63) is 29.8 Å². The minimum Gasteiger partial charge on any atom is -0.353 e. The number of hydrogen-bond acceptors (Lipinski definition) is 4. The topological polar surface area (TPSA) is 78.5 Å². The van der Waals surface area contributed by atoms with E-state index >= 15 is 0 Å². The first-order valence-electron chi connectivity index (χ1n) is 9.83. The maximum atomic E-state index is 13.1. The number of para-hydroxylation sites is 1. The third-order valence-corrected chi connectivity index (χ3v) is 6.61. The summed E-state index contributed by atoms with van der Waals surface area (Å²) in [5, 5.41) is 5.94. The molecule has 2 fully saturated rings. The van der Waals surface area contributed by atoms with E-state index in [1.165, 1.54) is 0 Å². The molecule has 0 bridgehead atoms. The fourth-order valence-corrected chi connectivity index (χ4v) is 4.78. The number of carbonyl (C=O) groups excluding carboxylic acids is 3. The predicted octanol–water partition coefficient (Wildman–Crippen LogP) is 2.06. The second-order valence-electron chi connectivity index (χ2n) is 8.51. The fourth-order valence-electron chi connectivity index (χ4n) is 4.78. The van der Waals surface area contributed by atoms with Crippen LogP contribution in [0.4, 0.5) is 5.69 Å². The molecule has 3 aliphatic rings. The van der Waals surface area contributed by atoms with Gasteiger partial charge in [0, 0.05) is 30.7 Å². The second kappa shape index (κ2) is 6.44. The zero-order valence-corrected chi connectivity index (χ0v) is 16.1. The van der Waals surface area contributed by atoms with Crippen molar-refractivity contribution in [2.75, 3.05) is 18.4 Å². The number of benzene rings is 1. The first-order chi connectivity index (χ1) is 12.8. The lowest BCUT2D eigenvalue weighted by Crippen LogP contribution is -2.47. The van der Waals surface area contributed by atoms with E-state index < -0.39 is 17.3 Å². The molecule has 4 rings (SSSR count). The summed E-state index contributed by atoms with van der Waals surface area (Å²) in [6.45, 7) is 8.04. The van der Waals surface area contributed by atoms with Crippen LogP contribution in [0.25, 0.3) is 0 Å². The van der Waals surface area contributed by atoms with Crippen LogP contribution in [0.5, 0.6) is 0 Å². The van der Waals surface area contributed by atoms with Crippen LogP contribution >= 0.6 is 0 Å². The summed E-state index contributed by atoms with van der Waals surface area (Å²) in [4.78, 5) is 41.1. The Bertz CT molecular complexity index is 798. The first-order valence-corrected chi connectivity index (χ1v) is 9.83. The molecule has 2 amide bonds. The molecule has 2 heterocycles. The first kappa shape index (κ1) is 18.2. The van der Waals surface area contributed by atoms with Gasteiger partial charge in [-0.1, -0.05) is 19.1 Å². The zero-order valence-electron chi connectivity index (χ0n) is 16.1. The SMILES string of the molecule is CC(C)N1CCC(NC(=O)[C@@H]2[C@@H]3C(=O)Nc4ccccc4C(=O)[C@]23C)CC1. The Morgan fingerprint density at radius 3 is 2.56 bits per heavy atom. The molecule has 2 aliphatic heterocycles. The molecule has 1 saturated carbocycles. The smallest absolute Gasteiger partial charge is 0.229 e. The van der Waals surface area contributed by atoms with Gasteiger partial charge in [0.25, 0.3) is 0 Å². The van der Waals surface area contributed by atoms with E-state index in [0.717, 1.165) is 25.9 Å². The Morgan fingerprint density at radius 2 is 1.89 bits per heavy atom. The van der Waals surface area contributed by atoms with E-state index in [9.17, 15) is 14.4 Å². The lowest BCUT2D eigenvalue weighted by molar-refractivity contribution is -0.126. The lowest BCUT2D eigenvalue weighted by Gasteiger charge is -2.35. The summed E-state index contributed by atoms with van der Waals surface area (Å²) in [5.41, 5.74) is 0.0943. The molecule has 1 aliphatic carbocycles. The van der Waals surface area contributed by atoms with Crippen molar-refractivity contribution in [3.8, 4) is 0 Å². The van der Waals surface area contributed by atoms with Crippen LogP contribution in [0, 0.1) is 17.3 Å². The van der Waals surface area contributed by atoms with Crippen molar-refractivity contribution in [1.29, 1.82) is 0 Å². The van der Waals surface area contributed by atoms with Crippen molar-refractivity contribution < 1.29 is 14.4 Å². The van der Waals surface area contributed by atoms with Crippen LogP contribution in [0.2, 0.25) is 0 Å². The maximum absolute atomic E-state index is 13.1. The Labute approximate surface area is 159 Å². The van der Waals surface area contributed by atoms with E-state index in [1.807, 2.05) is 0 Å². The highest BCUT2D eigenvalue weighted by atomic mass is 16.2. The number of piperidine rings is 1. The molecular formula is C21H27N3O3. The average Bonchev–Trinajstić information content (AvgIpc) is 3.30. The highest BCUT2D eigenvalue weighted by molar-refractivity contribution is 6.19. The molecular weight excluding hydrogens is 342 g/mol. The number of Topliss-reactive ketones (excluding diaryl/α,β-unsaturated/α-hetero) is 1. The zero-order chi connectivity index (χ0) is 19.3. The number of hydrogen-bond donors (Lipinski definition) is 2. The van der Waals surface area contributed by atoms with Gasteiger partial charge < -0.3 is 15.5 Å². The standard InChI is InChI=1S/C21H27N3O3/c1-12(2)24-10-8-13(9-11-24)22-19(26)16-17-20(27)23-15-7-5-4-6-14(15)18(25)21(16,17)3/h4-7,12-13,16-17H,8-11H2,1-3H3,(H,22,26)(H,23,27)/t16-,17+,21+/m0/s1. The van der Waals surface area contributed by atoms with Crippen LogP contribution in [-0.4, -0.2) is 47.7 Å². The van der Waals surface area contributed by atoms with Gasteiger partial charge >= 0.3 is 0 Å². The summed E-state index contributed by atoms with van der Waals surface area (Å²) in [7, 11) is 0. The van der Waals surface area contributed by atoms with Crippen LogP contribution in [-0.2, 0) is 9.59 Å². The summed E-state index contributed by atoms with van der Waals surface area (Å²) >= 11 is 0. The largest absolute Gasteiger partial charge is 0.353 e. The van der Waals surface area contributed by atoms with Crippen LogP contribution in [0.15, 0.2) is 24.3 Å². The van der Waals surface area contributed by atoms with Gasteiger partial charge in [-0.15, -0.1) is 0 Å². The molecule has 1 aromatic rings. The lowest BCUT2D eigenvalue weighted by atomic mass is 9.92. The number of nitrogens with one attached hydrogen (secondary N) is 2. The molecule has 1 saturated heterocycles. The van der Waals surface area contributed by atoms with E-state index in [4.69, 9.17) is 0 Å². The van der Waals surface area contributed by atoms with Crippen LogP contribution in [0.1, 0.15) is 44.0 Å². The Hall–Kier alpha value is -2.21. The highest BCUT2D eigenvalue weighted by Gasteiger charge is 2.73. The molecule has 27 heavy (non-hydrogen) atoms. The second-order valence-corrected chi connectivity index (χ2v) is 8.51. The summed E-state index contributed by atoms with van der Waals surface area (Å²) in [6.07, 6.45) is 1.81. The molecule has 144 valence electrons.